The Bertz CT molecular complexity index is 1140. The van der Waals surface area contributed by atoms with Crippen molar-refractivity contribution in [3.63, 3.8) is 0 Å². The van der Waals surface area contributed by atoms with Gasteiger partial charge in [-0.25, -0.2) is 4.99 Å². The van der Waals surface area contributed by atoms with Gasteiger partial charge < -0.3 is 24.4 Å². The number of nitrogens with zero attached hydrogens (tertiary/aromatic N) is 3. The molecule has 8 heteroatoms. The number of fused-ring (bicyclic) bond motifs is 1. The summed E-state index contributed by atoms with van der Waals surface area (Å²) in [5.41, 5.74) is 3.95. The van der Waals surface area contributed by atoms with E-state index in [9.17, 15) is 4.79 Å². The zero-order valence-electron chi connectivity index (χ0n) is 18.7. The third-order valence-corrected chi connectivity index (χ3v) is 5.23. The Balaban J connectivity index is 1.36. The third-order valence-electron chi connectivity index (χ3n) is 5.23. The molecule has 8 nitrogen and oxygen atoms in total. The van der Waals surface area contributed by atoms with Crippen LogP contribution in [0.3, 0.4) is 0 Å². The average molecular weight is 447 g/mol. The molecule has 4 rings (SSSR count). The molecule has 0 saturated carbocycles. The minimum atomic E-state index is -0.201. The highest BCUT2D eigenvalue weighted by molar-refractivity contribution is 5.95. The molecule has 2 aliphatic heterocycles. The summed E-state index contributed by atoms with van der Waals surface area (Å²) < 4.78 is 16.3. The zero-order chi connectivity index (χ0) is 23.2. The summed E-state index contributed by atoms with van der Waals surface area (Å²) in [5, 5.41) is 2.88. The molecule has 170 valence electrons. The number of benzene rings is 2. The molecule has 0 bridgehead atoms. The number of methoxy groups -OCH3 is 1. The summed E-state index contributed by atoms with van der Waals surface area (Å²) in [6, 6.07) is 13.1. The predicted octanol–water partition coefficient (Wildman–Crippen LogP) is 3.81. The maximum absolute atomic E-state index is 12.6. The van der Waals surface area contributed by atoms with Gasteiger partial charge in [0.1, 0.15) is 25.5 Å². The van der Waals surface area contributed by atoms with Crippen molar-refractivity contribution in [1.82, 2.24) is 4.90 Å². The molecule has 2 heterocycles. The molecule has 1 amide bonds. The van der Waals surface area contributed by atoms with Crippen molar-refractivity contribution < 1.29 is 19.0 Å². The van der Waals surface area contributed by atoms with Crippen molar-refractivity contribution in [1.29, 1.82) is 0 Å². The zero-order valence-corrected chi connectivity index (χ0v) is 18.7. The van der Waals surface area contributed by atoms with Crippen LogP contribution in [0.2, 0.25) is 0 Å². The second-order valence-corrected chi connectivity index (χ2v) is 7.54. The number of rotatable bonds is 7. The molecule has 2 aromatic carbocycles. The van der Waals surface area contributed by atoms with Gasteiger partial charge in [-0.05, 0) is 36.8 Å². The number of ether oxygens (including phenoxy) is 3. The van der Waals surface area contributed by atoms with Gasteiger partial charge in [0.05, 0.1) is 20.0 Å². The van der Waals surface area contributed by atoms with E-state index in [2.05, 4.69) is 21.9 Å². The van der Waals surface area contributed by atoms with Gasteiger partial charge in [-0.1, -0.05) is 18.7 Å². The van der Waals surface area contributed by atoms with Crippen LogP contribution in [0.5, 0.6) is 17.2 Å². The van der Waals surface area contributed by atoms with Gasteiger partial charge in [0, 0.05) is 34.9 Å². The van der Waals surface area contributed by atoms with E-state index < -0.39 is 0 Å². The Morgan fingerprint density at radius 3 is 2.73 bits per heavy atom. The summed E-state index contributed by atoms with van der Waals surface area (Å²) >= 11 is 0. The fourth-order valence-electron chi connectivity index (χ4n) is 3.41. The molecule has 1 N–H and O–H groups in total. The number of amides is 1. The summed E-state index contributed by atoms with van der Waals surface area (Å²) in [6.07, 6.45) is 3.37. The van der Waals surface area contributed by atoms with Crippen molar-refractivity contribution in [3.8, 4) is 17.2 Å². The van der Waals surface area contributed by atoms with Crippen LogP contribution in [-0.2, 0) is 11.3 Å². The Labute approximate surface area is 192 Å². The molecule has 0 unspecified atom stereocenters. The first-order valence-electron chi connectivity index (χ1n) is 10.6. The number of allylic oxidation sites excluding steroid dienone is 2. The van der Waals surface area contributed by atoms with Crippen molar-refractivity contribution in [2.75, 3.05) is 32.2 Å². The SMILES string of the molecule is C=C1C(/C=N\Cc2ccc(OC)cc2)=C(C)N=CN1CC(=O)Nc1ccc2c(c1)OCCO2. The molecule has 0 spiro atoms. The lowest BCUT2D eigenvalue weighted by Crippen LogP contribution is -2.34. The molecule has 0 fully saturated rings. The smallest absolute Gasteiger partial charge is 0.244 e. The molecule has 2 aromatic rings. The van der Waals surface area contributed by atoms with E-state index in [1.807, 2.05) is 31.2 Å². The van der Waals surface area contributed by atoms with E-state index in [-0.39, 0.29) is 12.5 Å². The normalized spacial score (nSPS) is 15.2. The highest BCUT2D eigenvalue weighted by atomic mass is 16.6. The van der Waals surface area contributed by atoms with Crippen LogP contribution in [0.4, 0.5) is 5.69 Å². The van der Waals surface area contributed by atoms with E-state index >= 15 is 0 Å². The standard InChI is InChI=1S/C25H26N4O4/c1-17-22(14-26-13-19-4-7-21(31-3)8-5-19)18(2)29(16-27-17)15-25(30)28-20-6-9-23-24(12-20)33-11-10-32-23/h4-9,12,14,16H,2,10-11,13,15H2,1,3H3,(H,28,30)/b26-14-. The summed E-state index contributed by atoms with van der Waals surface area (Å²) in [7, 11) is 1.64. The van der Waals surface area contributed by atoms with Gasteiger partial charge >= 0.3 is 0 Å². The maximum Gasteiger partial charge on any atom is 0.244 e. The van der Waals surface area contributed by atoms with Gasteiger partial charge in [-0.3, -0.25) is 9.79 Å². The second kappa shape index (κ2) is 10.0. The van der Waals surface area contributed by atoms with E-state index in [1.54, 1.807) is 42.8 Å². The van der Waals surface area contributed by atoms with Crippen LogP contribution in [0.25, 0.3) is 0 Å². The summed E-state index contributed by atoms with van der Waals surface area (Å²) in [5.74, 6) is 1.90. The number of hydrogen-bond donors (Lipinski definition) is 1. The largest absolute Gasteiger partial charge is 0.497 e. The lowest BCUT2D eigenvalue weighted by Gasteiger charge is -2.26. The van der Waals surface area contributed by atoms with E-state index in [4.69, 9.17) is 14.2 Å². The van der Waals surface area contributed by atoms with Crippen molar-refractivity contribution >= 4 is 24.1 Å². The van der Waals surface area contributed by atoms with Gasteiger partial charge in [0.15, 0.2) is 11.5 Å². The van der Waals surface area contributed by atoms with Crippen LogP contribution in [0.15, 0.2) is 76.0 Å². The quantitative estimate of drug-likeness (QED) is 0.654. The third kappa shape index (κ3) is 5.41. The molecule has 0 aromatic heterocycles. The fourth-order valence-corrected chi connectivity index (χ4v) is 3.41. The van der Waals surface area contributed by atoms with Crippen LogP contribution < -0.4 is 19.5 Å². The second-order valence-electron chi connectivity index (χ2n) is 7.54. The topological polar surface area (TPSA) is 84.8 Å². The first-order valence-corrected chi connectivity index (χ1v) is 10.6. The van der Waals surface area contributed by atoms with Crippen LogP contribution in [-0.4, -0.2) is 50.2 Å². The lowest BCUT2D eigenvalue weighted by atomic mass is 10.1. The van der Waals surface area contributed by atoms with Gasteiger partial charge in [0.25, 0.3) is 0 Å². The lowest BCUT2D eigenvalue weighted by molar-refractivity contribution is -0.116. The van der Waals surface area contributed by atoms with Crippen molar-refractivity contribution in [3.05, 3.63) is 71.6 Å². The average Bonchev–Trinajstić information content (AvgIpc) is 2.83. The Morgan fingerprint density at radius 2 is 1.97 bits per heavy atom. The van der Waals surface area contributed by atoms with Crippen LogP contribution in [0.1, 0.15) is 12.5 Å². The van der Waals surface area contributed by atoms with Gasteiger partial charge in [-0.2, -0.15) is 0 Å². The molecule has 0 saturated heterocycles. The first-order chi connectivity index (χ1) is 16.0. The van der Waals surface area contributed by atoms with Crippen LogP contribution >= 0.6 is 0 Å². The Kier molecular flexibility index (Phi) is 6.73. The maximum atomic E-state index is 12.6. The molecular weight excluding hydrogens is 420 g/mol. The molecule has 0 atom stereocenters. The number of carbonyl (C=O) groups excluding carboxylic acids is 1. The molecule has 2 aliphatic rings. The molecular formula is C25H26N4O4. The van der Waals surface area contributed by atoms with Gasteiger partial charge in [-0.15, -0.1) is 0 Å². The van der Waals surface area contributed by atoms with Gasteiger partial charge in [0.2, 0.25) is 5.91 Å². The molecule has 0 radical (unpaired) electrons. The summed E-state index contributed by atoms with van der Waals surface area (Å²) in [4.78, 5) is 23.3. The van der Waals surface area contributed by atoms with Crippen molar-refractivity contribution in [2.45, 2.75) is 13.5 Å². The molecule has 33 heavy (non-hydrogen) atoms. The van der Waals surface area contributed by atoms with Crippen molar-refractivity contribution in [2.24, 2.45) is 9.98 Å². The highest BCUT2D eigenvalue weighted by Gasteiger charge is 2.19. The minimum absolute atomic E-state index is 0.0693. The number of aliphatic imine (C=N–C) groups is 2. The minimum Gasteiger partial charge on any atom is -0.497 e. The predicted molar refractivity (Wildman–Crippen MR) is 128 cm³/mol. The Morgan fingerprint density at radius 1 is 1.21 bits per heavy atom. The van der Waals surface area contributed by atoms with E-state index in [1.165, 1.54) is 0 Å². The van der Waals surface area contributed by atoms with E-state index in [0.29, 0.717) is 42.6 Å². The van der Waals surface area contributed by atoms with E-state index in [0.717, 1.165) is 22.6 Å². The number of anilines is 1. The number of nitrogens with one attached hydrogen (secondary N) is 1. The number of hydrogen-bond acceptors (Lipinski definition) is 7. The fraction of sp³-hybridized carbons (Fsp3) is 0.240. The molecule has 0 aliphatic carbocycles. The van der Waals surface area contributed by atoms with Crippen LogP contribution in [0, 0.1) is 0 Å². The summed E-state index contributed by atoms with van der Waals surface area (Å²) in [6.45, 7) is 7.63. The first kappa shape index (κ1) is 22.1. The monoisotopic (exact) mass is 446 g/mol. The Hall–Kier alpha value is -4.07. The number of carbonyl (C=O) groups is 1. The highest BCUT2D eigenvalue weighted by Crippen LogP contribution is 2.32.